The average molecular weight is 299 g/mol. The highest BCUT2D eigenvalue weighted by molar-refractivity contribution is 5.73. The summed E-state index contributed by atoms with van der Waals surface area (Å²) in [6.45, 7) is 4.59. The molecule has 5 heteroatoms. The van der Waals surface area contributed by atoms with Gasteiger partial charge in [0, 0.05) is 6.04 Å². The number of rotatable bonds is 11. The molecule has 0 aromatic rings. The zero-order chi connectivity index (χ0) is 15.3. The van der Waals surface area contributed by atoms with E-state index in [0.29, 0.717) is 19.7 Å². The highest BCUT2D eigenvalue weighted by Crippen LogP contribution is 2.22. The quantitative estimate of drug-likeness (QED) is 0.360. The van der Waals surface area contributed by atoms with Gasteiger partial charge in [0.2, 0.25) is 0 Å². The first-order valence-corrected chi connectivity index (χ1v) is 8.24. The molecule has 1 aliphatic rings. The van der Waals surface area contributed by atoms with Crippen molar-refractivity contribution >= 4 is 12.4 Å². The lowest BCUT2D eigenvalue weighted by Gasteiger charge is -2.31. The third-order valence-electron chi connectivity index (χ3n) is 3.97. The highest BCUT2D eigenvalue weighted by Gasteiger charge is 2.31. The van der Waals surface area contributed by atoms with Gasteiger partial charge in [0.1, 0.15) is 0 Å². The first kappa shape index (κ1) is 18.0. The van der Waals surface area contributed by atoms with Crippen molar-refractivity contribution in [1.29, 1.82) is 0 Å². The molecule has 1 heterocycles. The van der Waals surface area contributed by atoms with Gasteiger partial charge in [0.25, 0.3) is 6.47 Å². The van der Waals surface area contributed by atoms with Crippen LogP contribution < -0.4 is 5.32 Å². The summed E-state index contributed by atoms with van der Waals surface area (Å²) in [5.74, 6) is -0.0696. The Hall–Kier alpha value is -1.10. The number of carbonyl (C=O) groups excluding carboxylic acids is 2. The lowest BCUT2D eigenvalue weighted by atomic mass is 9.88. The van der Waals surface area contributed by atoms with Crippen LogP contribution >= 0.6 is 0 Å². The van der Waals surface area contributed by atoms with Gasteiger partial charge in [-0.05, 0) is 45.1 Å². The second-order valence-electron chi connectivity index (χ2n) is 5.65. The average Bonchev–Trinajstić information content (AvgIpc) is 2.51. The molecule has 0 bridgehead atoms. The molecule has 0 aliphatic carbocycles. The van der Waals surface area contributed by atoms with Gasteiger partial charge in [-0.15, -0.1) is 0 Å². The van der Waals surface area contributed by atoms with E-state index in [0.717, 1.165) is 57.9 Å². The van der Waals surface area contributed by atoms with Gasteiger partial charge in [-0.25, -0.2) is 0 Å². The third-order valence-corrected chi connectivity index (χ3v) is 3.97. The summed E-state index contributed by atoms with van der Waals surface area (Å²) in [5, 5.41) is 3.43. The van der Waals surface area contributed by atoms with Crippen LogP contribution in [-0.2, 0) is 19.1 Å². The maximum absolute atomic E-state index is 12.2. The van der Waals surface area contributed by atoms with Gasteiger partial charge < -0.3 is 14.8 Å². The monoisotopic (exact) mass is 299 g/mol. The molecular formula is C16H29NO4. The van der Waals surface area contributed by atoms with Gasteiger partial charge in [-0.3, -0.25) is 9.59 Å². The molecule has 0 aromatic heterocycles. The van der Waals surface area contributed by atoms with E-state index < -0.39 is 0 Å². The summed E-state index contributed by atoms with van der Waals surface area (Å²) in [4.78, 5) is 22.2. The van der Waals surface area contributed by atoms with Crippen molar-refractivity contribution in [2.24, 2.45) is 5.92 Å². The van der Waals surface area contributed by atoms with E-state index in [1.807, 2.05) is 0 Å². The molecule has 1 aliphatic heterocycles. The van der Waals surface area contributed by atoms with Crippen LogP contribution in [0, 0.1) is 5.92 Å². The molecule has 1 fully saturated rings. The Kier molecular flexibility index (Phi) is 9.87. The molecule has 2 unspecified atom stereocenters. The zero-order valence-corrected chi connectivity index (χ0v) is 13.1. The number of nitrogens with one attached hydrogen (secondary N) is 1. The third kappa shape index (κ3) is 7.46. The van der Waals surface area contributed by atoms with Crippen molar-refractivity contribution in [3.8, 4) is 0 Å². The van der Waals surface area contributed by atoms with Crippen LogP contribution in [-0.4, -0.2) is 38.2 Å². The highest BCUT2D eigenvalue weighted by atomic mass is 16.5. The topological polar surface area (TPSA) is 64.6 Å². The molecule has 0 radical (unpaired) electrons. The minimum absolute atomic E-state index is 0.0210. The van der Waals surface area contributed by atoms with Gasteiger partial charge in [0.15, 0.2) is 0 Å². The maximum atomic E-state index is 12.2. The Balaban J connectivity index is 2.27. The Bertz CT molecular complexity index is 296. The summed E-state index contributed by atoms with van der Waals surface area (Å²) in [6, 6.07) is 0.202. The maximum Gasteiger partial charge on any atom is 0.310 e. The van der Waals surface area contributed by atoms with Crippen molar-refractivity contribution in [2.75, 3.05) is 19.8 Å². The van der Waals surface area contributed by atoms with Crippen LogP contribution in [0.2, 0.25) is 0 Å². The molecular weight excluding hydrogens is 270 g/mol. The molecule has 1 rings (SSSR count). The molecule has 0 spiro atoms. The second-order valence-corrected chi connectivity index (χ2v) is 5.65. The second kappa shape index (κ2) is 11.5. The smallest absolute Gasteiger partial charge is 0.310 e. The van der Waals surface area contributed by atoms with E-state index in [4.69, 9.17) is 4.74 Å². The molecule has 5 nitrogen and oxygen atoms in total. The normalized spacial score (nSPS) is 21.8. The van der Waals surface area contributed by atoms with Crippen molar-refractivity contribution < 1.29 is 19.1 Å². The van der Waals surface area contributed by atoms with Crippen molar-refractivity contribution in [1.82, 2.24) is 5.32 Å². The fraction of sp³-hybridized carbons (Fsp3) is 0.875. The van der Waals surface area contributed by atoms with Gasteiger partial charge in [-0.2, -0.15) is 0 Å². The largest absolute Gasteiger partial charge is 0.468 e. The van der Waals surface area contributed by atoms with E-state index in [9.17, 15) is 9.59 Å². The summed E-state index contributed by atoms with van der Waals surface area (Å²) in [5.41, 5.74) is 0. The summed E-state index contributed by atoms with van der Waals surface area (Å²) >= 11 is 0. The van der Waals surface area contributed by atoms with Crippen LogP contribution in [0.3, 0.4) is 0 Å². The number of unbranched alkanes of at least 4 members (excludes halogenated alkanes) is 3. The van der Waals surface area contributed by atoms with Crippen molar-refractivity contribution in [2.45, 2.75) is 64.3 Å². The van der Waals surface area contributed by atoms with Crippen LogP contribution in [0.1, 0.15) is 58.3 Å². The van der Waals surface area contributed by atoms with Crippen LogP contribution in [0.5, 0.6) is 0 Å². The molecule has 2 atom stereocenters. The SMILES string of the molecule is CCCCCOC(=O)C1CCCNC1CCCCOC=O. The lowest BCUT2D eigenvalue weighted by molar-refractivity contribution is -0.150. The first-order valence-electron chi connectivity index (χ1n) is 8.24. The van der Waals surface area contributed by atoms with Crippen LogP contribution in [0.25, 0.3) is 0 Å². The Morgan fingerprint density at radius 3 is 2.81 bits per heavy atom. The molecule has 0 amide bonds. The predicted octanol–water partition coefficient (Wildman–Crippen LogP) is 2.43. The lowest BCUT2D eigenvalue weighted by Crippen LogP contribution is -2.45. The minimum atomic E-state index is -0.0487. The minimum Gasteiger partial charge on any atom is -0.468 e. The number of hydrogen-bond acceptors (Lipinski definition) is 5. The van der Waals surface area contributed by atoms with Crippen LogP contribution in [0.15, 0.2) is 0 Å². The molecule has 1 saturated heterocycles. The first-order chi connectivity index (χ1) is 10.3. The van der Waals surface area contributed by atoms with Gasteiger partial charge in [0.05, 0.1) is 19.1 Å². The van der Waals surface area contributed by atoms with E-state index in [-0.39, 0.29) is 17.9 Å². The fourth-order valence-corrected chi connectivity index (χ4v) is 2.77. The Morgan fingerprint density at radius 1 is 1.24 bits per heavy atom. The van der Waals surface area contributed by atoms with Crippen molar-refractivity contribution in [3.05, 3.63) is 0 Å². The number of carbonyl (C=O) groups is 2. The van der Waals surface area contributed by atoms with E-state index >= 15 is 0 Å². The van der Waals surface area contributed by atoms with E-state index in [1.165, 1.54) is 0 Å². The van der Waals surface area contributed by atoms with Gasteiger partial charge >= 0.3 is 5.97 Å². The van der Waals surface area contributed by atoms with Crippen molar-refractivity contribution in [3.63, 3.8) is 0 Å². The summed E-state index contributed by atoms with van der Waals surface area (Å²) < 4.78 is 10.1. The number of piperidine rings is 1. The van der Waals surface area contributed by atoms with Crippen LogP contribution in [0.4, 0.5) is 0 Å². The summed E-state index contributed by atoms with van der Waals surface area (Å²) in [6.07, 6.45) is 7.85. The standard InChI is InChI=1S/C16H29NO4/c1-2-3-5-12-21-16(19)14-8-7-10-17-15(14)9-4-6-11-20-13-18/h13-15,17H,2-12H2,1H3. The predicted molar refractivity (Wildman–Crippen MR) is 80.9 cm³/mol. The number of esters is 1. The summed E-state index contributed by atoms with van der Waals surface area (Å²) in [7, 11) is 0. The Labute approximate surface area is 127 Å². The number of ether oxygens (including phenoxy) is 2. The molecule has 122 valence electrons. The van der Waals surface area contributed by atoms with Gasteiger partial charge in [-0.1, -0.05) is 19.8 Å². The number of hydrogen-bond donors (Lipinski definition) is 1. The fourth-order valence-electron chi connectivity index (χ4n) is 2.77. The zero-order valence-electron chi connectivity index (χ0n) is 13.1. The van der Waals surface area contributed by atoms with E-state index in [1.54, 1.807) is 0 Å². The molecule has 1 N–H and O–H groups in total. The molecule has 0 aromatic carbocycles. The van der Waals surface area contributed by atoms with E-state index in [2.05, 4.69) is 17.0 Å². The molecule has 0 saturated carbocycles. The Morgan fingerprint density at radius 2 is 2.05 bits per heavy atom. The molecule has 21 heavy (non-hydrogen) atoms.